The molecular weight excluding hydrogens is 168 g/mol. The molecular formula is C9H18N2O2. The Morgan fingerprint density at radius 2 is 2.38 bits per heavy atom. The smallest absolute Gasteiger partial charge is 0.239 e. The maximum Gasteiger partial charge on any atom is 0.239 e. The van der Waals surface area contributed by atoms with Crippen LogP contribution in [0.4, 0.5) is 0 Å². The molecule has 2 atom stereocenters. The van der Waals surface area contributed by atoms with Gasteiger partial charge in [0.2, 0.25) is 5.91 Å². The van der Waals surface area contributed by atoms with Crippen LogP contribution in [-0.4, -0.2) is 48.2 Å². The van der Waals surface area contributed by atoms with Gasteiger partial charge in [-0.05, 0) is 12.8 Å². The first-order valence-electron chi connectivity index (χ1n) is 4.81. The Morgan fingerprint density at radius 3 is 2.85 bits per heavy atom. The minimum atomic E-state index is -0.357. The van der Waals surface area contributed by atoms with Crippen LogP contribution < -0.4 is 5.32 Å². The summed E-state index contributed by atoms with van der Waals surface area (Å²) >= 11 is 0. The zero-order valence-corrected chi connectivity index (χ0v) is 8.29. The van der Waals surface area contributed by atoms with Crippen LogP contribution in [0.3, 0.4) is 0 Å². The van der Waals surface area contributed by atoms with Crippen molar-refractivity contribution in [2.45, 2.75) is 31.9 Å². The van der Waals surface area contributed by atoms with Crippen LogP contribution in [0.1, 0.15) is 19.8 Å². The SMILES string of the molecule is CCCN(C)C(=O)C1CC(O)CN1. The number of nitrogens with one attached hydrogen (secondary N) is 1. The third kappa shape index (κ3) is 2.67. The molecule has 1 heterocycles. The molecule has 0 aromatic carbocycles. The monoisotopic (exact) mass is 186 g/mol. The summed E-state index contributed by atoms with van der Waals surface area (Å²) in [5.74, 6) is 0.0957. The van der Waals surface area contributed by atoms with Crippen molar-refractivity contribution in [3.8, 4) is 0 Å². The molecule has 4 heteroatoms. The second kappa shape index (κ2) is 4.58. The number of carbonyl (C=O) groups excluding carboxylic acids is 1. The van der Waals surface area contributed by atoms with Crippen LogP contribution in [0.5, 0.6) is 0 Å². The molecule has 0 aromatic rings. The van der Waals surface area contributed by atoms with Gasteiger partial charge in [-0.2, -0.15) is 0 Å². The molecule has 1 amide bonds. The molecule has 0 radical (unpaired) electrons. The molecule has 1 aliphatic rings. The highest BCUT2D eigenvalue weighted by Crippen LogP contribution is 2.08. The lowest BCUT2D eigenvalue weighted by atomic mass is 10.2. The lowest BCUT2D eigenvalue weighted by Crippen LogP contribution is -2.41. The van der Waals surface area contributed by atoms with Gasteiger partial charge in [0.1, 0.15) is 0 Å². The first kappa shape index (κ1) is 10.5. The number of carbonyl (C=O) groups is 1. The van der Waals surface area contributed by atoms with Gasteiger partial charge in [0.25, 0.3) is 0 Å². The molecule has 2 N–H and O–H groups in total. The predicted molar refractivity (Wildman–Crippen MR) is 50.3 cm³/mol. The van der Waals surface area contributed by atoms with Crippen molar-refractivity contribution in [1.82, 2.24) is 10.2 Å². The summed E-state index contributed by atoms with van der Waals surface area (Å²) in [4.78, 5) is 13.4. The highest BCUT2D eigenvalue weighted by Gasteiger charge is 2.29. The minimum absolute atomic E-state index is 0.0957. The molecule has 76 valence electrons. The standard InChI is InChI=1S/C9H18N2O2/c1-3-4-11(2)9(13)8-5-7(12)6-10-8/h7-8,10,12H,3-6H2,1-2H3. The number of rotatable bonds is 3. The maximum absolute atomic E-state index is 11.6. The number of amides is 1. The van der Waals surface area contributed by atoms with Crippen molar-refractivity contribution in [3.05, 3.63) is 0 Å². The Labute approximate surface area is 78.9 Å². The highest BCUT2D eigenvalue weighted by molar-refractivity contribution is 5.82. The predicted octanol–water partition coefficient (Wildman–Crippen LogP) is -0.422. The summed E-state index contributed by atoms with van der Waals surface area (Å²) < 4.78 is 0. The van der Waals surface area contributed by atoms with E-state index < -0.39 is 0 Å². The number of β-amino-alcohol motifs (C(OH)–C–C–N with tert-alkyl or cyclic N) is 1. The summed E-state index contributed by atoms with van der Waals surface area (Å²) in [6, 6.07) is -0.174. The number of likely N-dealkylation sites (N-methyl/N-ethyl adjacent to an activating group) is 1. The Morgan fingerprint density at radius 1 is 1.69 bits per heavy atom. The van der Waals surface area contributed by atoms with Crippen LogP contribution >= 0.6 is 0 Å². The van der Waals surface area contributed by atoms with Crippen molar-refractivity contribution < 1.29 is 9.90 Å². The lowest BCUT2D eigenvalue weighted by Gasteiger charge is -2.20. The number of hydrogen-bond acceptors (Lipinski definition) is 3. The van der Waals surface area contributed by atoms with Gasteiger partial charge in [-0.3, -0.25) is 4.79 Å². The van der Waals surface area contributed by atoms with Gasteiger partial charge in [-0.15, -0.1) is 0 Å². The van der Waals surface area contributed by atoms with Gasteiger partial charge >= 0.3 is 0 Å². The number of aliphatic hydroxyl groups is 1. The number of aliphatic hydroxyl groups excluding tert-OH is 1. The van der Waals surface area contributed by atoms with E-state index in [9.17, 15) is 9.90 Å². The molecule has 0 spiro atoms. The van der Waals surface area contributed by atoms with Crippen LogP contribution in [0.15, 0.2) is 0 Å². The molecule has 0 bridgehead atoms. The van der Waals surface area contributed by atoms with Crippen LogP contribution in [-0.2, 0) is 4.79 Å². The molecule has 1 fully saturated rings. The second-order valence-corrected chi connectivity index (χ2v) is 3.61. The van der Waals surface area contributed by atoms with E-state index in [2.05, 4.69) is 5.32 Å². The average Bonchev–Trinajstić information content (AvgIpc) is 2.51. The third-order valence-electron chi connectivity index (χ3n) is 2.34. The Hall–Kier alpha value is -0.610. The van der Waals surface area contributed by atoms with Gasteiger partial charge in [-0.1, -0.05) is 6.92 Å². The topological polar surface area (TPSA) is 52.6 Å². The lowest BCUT2D eigenvalue weighted by molar-refractivity contribution is -0.131. The molecule has 2 unspecified atom stereocenters. The zero-order chi connectivity index (χ0) is 9.84. The molecule has 1 aliphatic heterocycles. The number of nitrogens with zero attached hydrogens (tertiary/aromatic N) is 1. The molecule has 4 nitrogen and oxygen atoms in total. The maximum atomic E-state index is 11.6. The second-order valence-electron chi connectivity index (χ2n) is 3.61. The quantitative estimate of drug-likeness (QED) is 0.629. The van der Waals surface area contributed by atoms with E-state index in [1.54, 1.807) is 11.9 Å². The van der Waals surface area contributed by atoms with E-state index in [1.165, 1.54) is 0 Å². The Kier molecular flexibility index (Phi) is 3.69. The summed E-state index contributed by atoms with van der Waals surface area (Å²) in [6.45, 7) is 3.37. The minimum Gasteiger partial charge on any atom is -0.392 e. The van der Waals surface area contributed by atoms with Gasteiger partial charge < -0.3 is 15.3 Å². The first-order chi connectivity index (χ1) is 6.15. The molecule has 0 aliphatic carbocycles. The summed E-state index contributed by atoms with van der Waals surface area (Å²) in [7, 11) is 1.80. The first-order valence-corrected chi connectivity index (χ1v) is 4.81. The average molecular weight is 186 g/mol. The van der Waals surface area contributed by atoms with Gasteiger partial charge in [0, 0.05) is 20.1 Å². The Bertz CT molecular complexity index is 184. The van der Waals surface area contributed by atoms with Gasteiger partial charge in [0.05, 0.1) is 12.1 Å². The largest absolute Gasteiger partial charge is 0.392 e. The fourth-order valence-corrected chi connectivity index (χ4v) is 1.62. The van der Waals surface area contributed by atoms with Crippen molar-refractivity contribution in [2.75, 3.05) is 20.1 Å². The molecule has 13 heavy (non-hydrogen) atoms. The molecule has 0 saturated carbocycles. The van der Waals surface area contributed by atoms with Crippen molar-refractivity contribution in [2.24, 2.45) is 0 Å². The fraction of sp³-hybridized carbons (Fsp3) is 0.889. The van der Waals surface area contributed by atoms with Crippen LogP contribution in [0.25, 0.3) is 0 Å². The van der Waals surface area contributed by atoms with E-state index in [0.717, 1.165) is 13.0 Å². The molecule has 1 rings (SSSR count). The highest BCUT2D eigenvalue weighted by atomic mass is 16.3. The van der Waals surface area contributed by atoms with E-state index >= 15 is 0 Å². The van der Waals surface area contributed by atoms with Gasteiger partial charge in [0.15, 0.2) is 0 Å². The third-order valence-corrected chi connectivity index (χ3v) is 2.34. The van der Waals surface area contributed by atoms with E-state index in [-0.39, 0.29) is 18.1 Å². The molecule has 0 aromatic heterocycles. The summed E-state index contributed by atoms with van der Waals surface area (Å²) in [5.41, 5.74) is 0. The summed E-state index contributed by atoms with van der Waals surface area (Å²) in [6.07, 6.45) is 1.16. The van der Waals surface area contributed by atoms with Crippen molar-refractivity contribution in [3.63, 3.8) is 0 Å². The Balaban J connectivity index is 2.38. The van der Waals surface area contributed by atoms with Crippen molar-refractivity contribution >= 4 is 5.91 Å². The van der Waals surface area contributed by atoms with E-state index in [1.807, 2.05) is 6.92 Å². The van der Waals surface area contributed by atoms with E-state index in [4.69, 9.17) is 0 Å². The zero-order valence-electron chi connectivity index (χ0n) is 8.29. The van der Waals surface area contributed by atoms with Crippen LogP contribution in [0.2, 0.25) is 0 Å². The normalized spacial score (nSPS) is 27.6. The van der Waals surface area contributed by atoms with E-state index in [0.29, 0.717) is 13.0 Å². The van der Waals surface area contributed by atoms with Gasteiger partial charge in [-0.25, -0.2) is 0 Å². The van der Waals surface area contributed by atoms with Crippen LogP contribution in [0, 0.1) is 0 Å². The van der Waals surface area contributed by atoms with Crippen molar-refractivity contribution in [1.29, 1.82) is 0 Å². The summed E-state index contributed by atoms with van der Waals surface area (Å²) in [5, 5.41) is 12.2. The fourth-order valence-electron chi connectivity index (χ4n) is 1.62. The number of hydrogen-bond donors (Lipinski definition) is 2. The molecule has 1 saturated heterocycles.